The normalized spacial score (nSPS) is 26.0. The number of aliphatic hydroxyl groups is 1. The summed E-state index contributed by atoms with van der Waals surface area (Å²) < 4.78 is 35.9. The second-order valence-electron chi connectivity index (χ2n) is 6.93. The van der Waals surface area contributed by atoms with Crippen molar-refractivity contribution in [2.24, 2.45) is 0 Å². The first-order valence-electron chi connectivity index (χ1n) is 9.08. The van der Waals surface area contributed by atoms with Crippen molar-refractivity contribution in [3.8, 4) is 11.9 Å². The number of aromatic amines is 1. The molecular weight excluding hydrogens is 405 g/mol. The molecule has 2 saturated heterocycles. The molecule has 2 fully saturated rings. The van der Waals surface area contributed by atoms with Crippen LogP contribution in [0.15, 0.2) is 30.3 Å². The zero-order valence-corrected chi connectivity index (χ0v) is 15.8. The lowest BCUT2D eigenvalue weighted by Gasteiger charge is -2.15. The lowest BCUT2D eigenvalue weighted by atomic mass is 10.1. The van der Waals surface area contributed by atoms with Crippen LogP contribution in [-0.4, -0.2) is 57.7 Å². The summed E-state index contributed by atoms with van der Waals surface area (Å²) in [4.78, 5) is 11.6. The SMILES string of the molecule is O[C@@H]1COC2C1OC[C@H]2Oc1nc2nc(OCc3cccc(F)c3)c(Cl)cc2[nH]1. The van der Waals surface area contributed by atoms with E-state index in [1.165, 1.54) is 12.1 Å². The minimum Gasteiger partial charge on any atom is -0.472 e. The number of aromatic nitrogens is 3. The van der Waals surface area contributed by atoms with E-state index >= 15 is 0 Å². The number of fused-ring (bicyclic) bond motifs is 2. The zero-order chi connectivity index (χ0) is 20.0. The molecule has 4 heterocycles. The average molecular weight is 422 g/mol. The van der Waals surface area contributed by atoms with E-state index in [1.807, 2.05) is 0 Å². The number of hydrogen-bond donors (Lipinski definition) is 2. The van der Waals surface area contributed by atoms with Gasteiger partial charge in [-0.2, -0.15) is 9.97 Å². The predicted molar refractivity (Wildman–Crippen MR) is 99.5 cm³/mol. The first-order chi connectivity index (χ1) is 14.1. The van der Waals surface area contributed by atoms with Crippen LogP contribution in [0.25, 0.3) is 11.2 Å². The molecule has 152 valence electrons. The van der Waals surface area contributed by atoms with Gasteiger partial charge in [0.1, 0.15) is 35.8 Å². The van der Waals surface area contributed by atoms with E-state index in [-0.39, 0.29) is 48.2 Å². The van der Waals surface area contributed by atoms with Crippen LogP contribution in [0.1, 0.15) is 5.56 Å². The highest BCUT2D eigenvalue weighted by atomic mass is 35.5. The standard InChI is InChI=1S/C19H17ClFN3O5/c20-11-5-12-17(23-18(11)28-6-9-2-1-3-10(21)4-9)24-19(22-12)29-14-8-27-15-13(25)7-26-16(14)15/h1-5,13-16,25H,6-8H2,(H,22,23,24)/t13-,14-,15?,16?/m1/s1. The van der Waals surface area contributed by atoms with E-state index in [1.54, 1.807) is 18.2 Å². The molecule has 10 heteroatoms. The Hall–Kier alpha value is -2.46. The summed E-state index contributed by atoms with van der Waals surface area (Å²) in [5, 5.41) is 10.1. The van der Waals surface area contributed by atoms with Gasteiger partial charge in [-0.1, -0.05) is 23.7 Å². The molecule has 0 saturated carbocycles. The van der Waals surface area contributed by atoms with E-state index in [2.05, 4.69) is 15.0 Å². The molecule has 2 aromatic heterocycles. The quantitative estimate of drug-likeness (QED) is 0.651. The highest BCUT2D eigenvalue weighted by molar-refractivity contribution is 6.32. The monoisotopic (exact) mass is 421 g/mol. The number of imidazole rings is 1. The summed E-state index contributed by atoms with van der Waals surface area (Å²) in [7, 11) is 0. The van der Waals surface area contributed by atoms with E-state index in [0.29, 0.717) is 23.3 Å². The summed E-state index contributed by atoms with van der Waals surface area (Å²) >= 11 is 6.25. The van der Waals surface area contributed by atoms with Gasteiger partial charge in [-0.25, -0.2) is 4.39 Å². The minimum atomic E-state index is -0.650. The van der Waals surface area contributed by atoms with Crippen molar-refractivity contribution in [1.82, 2.24) is 15.0 Å². The summed E-state index contributed by atoms with van der Waals surface area (Å²) in [6.07, 6.45) is -1.78. The molecule has 2 N–H and O–H groups in total. The summed E-state index contributed by atoms with van der Waals surface area (Å²) in [6.45, 7) is 0.629. The number of benzene rings is 1. The van der Waals surface area contributed by atoms with Gasteiger partial charge in [0.2, 0.25) is 5.88 Å². The van der Waals surface area contributed by atoms with Gasteiger partial charge in [-0.3, -0.25) is 0 Å². The number of hydrogen-bond acceptors (Lipinski definition) is 7. The summed E-state index contributed by atoms with van der Waals surface area (Å²) in [5.74, 6) is -0.153. The van der Waals surface area contributed by atoms with Crippen LogP contribution in [0.5, 0.6) is 11.9 Å². The van der Waals surface area contributed by atoms with E-state index in [9.17, 15) is 9.50 Å². The van der Waals surface area contributed by atoms with Crippen LogP contribution in [0.2, 0.25) is 5.02 Å². The van der Waals surface area contributed by atoms with Crippen molar-refractivity contribution in [2.75, 3.05) is 13.2 Å². The minimum absolute atomic E-state index is 0.117. The third-order valence-corrected chi connectivity index (χ3v) is 5.15. The van der Waals surface area contributed by atoms with Crippen molar-refractivity contribution in [2.45, 2.75) is 31.0 Å². The van der Waals surface area contributed by atoms with E-state index < -0.39 is 12.2 Å². The van der Waals surface area contributed by atoms with Gasteiger partial charge in [0.05, 0.1) is 18.7 Å². The Bertz CT molecular complexity index is 1050. The topological polar surface area (TPSA) is 98.7 Å². The molecular formula is C19H17ClFN3O5. The van der Waals surface area contributed by atoms with Crippen LogP contribution in [0.4, 0.5) is 4.39 Å². The van der Waals surface area contributed by atoms with Crippen LogP contribution >= 0.6 is 11.6 Å². The zero-order valence-electron chi connectivity index (χ0n) is 15.0. The smallest absolute Gasteiger partial charge is 0.296 e. The Morgan fingerprint density at radius 2 is 2.07 bits per heavy atom. The second kappa shape index (κ2) is 7.42. The molecule has 3 aromatic rings. The highest BCUT2D eigenvalue weighted by Crippen LogP contribution is 2.31. The average Bonchev–Trinajstić information content (AvgIpc) is 3.37. The first kappa shape index (κ1) is 18.6. The van der Waals surface area contributed by atoms with E-state index in [0.717, 1.165) is 0 Å². The number of aliphatic hydroxyl groups excluding tert-OH is 1. The fraction of sp³-hybridized carbons (Fsp3) is 0.368. The number of nitrogens with one attached hydrogen (secondary N) is 1. The maximum atomic E-state index is 13.3. The molecule has 1 aromatic carbocycles. The fourth-order valence-electron chi connectivity index (χ4n) is 3.50. The van der Waals surface area contributed by atoms with Crippen LogP contribution < -0.4 is 9.47 Å². The fourth-order valence-corrected chi connectivity index (χ4v) is 3.71. The van der Waals surface area contributed by atoms with Crippen molar-refractivity contribution >= 4 is 22.8 Å². The molecule has 5 rings (SSSR count). The molecule has 2 unspecified atom stereocenters. The Morgan fingerprint density at radius 3 is 2.93 bits per heavy atom. The third-order valence-electron chi connectivity index (χ3n) is 4.88. The van der Waals surface area contributed by atoms with Gasteiger partial charge < -0.3 is 29.0 Å². The summed E-state index contributed by atoms with van der Waals surface area (Å²) in [6, 6.07) is 7.97. The molecule has 0 spiro atoms. The lowest BCUT2D eigenvalue weighted by molar-refractivity contribution is 0.00706. The van der Waals surface area contributed by atoms with Crippen molar-refractivity contribution < 1.29 is 28.4 Å². The Morgan fingerprint density at radius 1 is 1.21 bits per heavy atom. The number of ether oxygens (including phenoxy) is 4. The maximum absolute atomic E-state index is 13.3. The van der Waals surface area contributed by atoms with Gasteiger partial charge in [-0.15, -0.1) is 0 Å². The predicted octanol–water partition coefficient (Wildman–Crippen LogP) is 2.24. The molecule has 8 nitrogen and oxygen atoms in total. The number of halogens is 2. The van der Waals surface area contributed by atoms with E-state index in [4.69, 9.17) is 30.5 Å². The molecule has 0 amide bonds. The molecule has 0 bridgehead atoms. The third kappa shape index (κ3) is 3.62. The first-order valence-corrected chi connectivity index (χ1v) is 9.46. The van der Waals surface area contributed by atoms with Gasteiger partial charge in [0.25, 0.3) is 6.01 Å². The molecule has 0 radical (unpaired) electrons. The Kier molecular flexibility index (Phi) is 4.75. The Balaban J connectivity index is 1.31. The maximum Gasteiger partial charge on any atom is 0.296 e. The van der Waals surface area contributed by atoms with Crippen molar-refractivity contribution in [3.63, 3.8) is 0 Å². The van der Waals surface area contributed by atoms with Crippen molar-refractivity contribution in [1.29, 1.82) is 0 Å². The molecule has 2 aliphatic heterocycles. The van der Waals surface area contributed by atoms with Crippen molar-refractivity contribution in [3.05, 3.63) is 46.7 Å². The molecule has 4 atom stereocenters. The molecule has 2 aliphatic rings. The van der Waals surface area contributed by atoms with Crippen LogP contribution in [0.3, 0.4) is 0 Å². The largest absolute Gasteiger partial charge is 0.472 e. The highest BCUT2D eigenvalue weighted by Gasteiger charge is 2.48. The second-order valence-corrected chi connectivity index (χ2v) is 7.33. The summed E-state index contributed by atoms with van der Waals surface area (Å²) in [5.41, 5.74) is 1.59. The molecule has 0 aliphatic carbocycles. The number of nitrogens with zero attached hydrogens (tertiary/aromatic N) is 2. The van der Waals surface area contributed by atoms with Crippen LogP contribution in [-0.2, 0) is 16.1 Å². The van der Waals surface area contributed by atoms with Gasteiger partial charge in [0, 0.05) is 0 Å². The van der Waals surface area contributed by atoms with Gasteiger partial charge in [-0.05, 0) is 23.8 Å². The number of pyridine rings is 1. The van der Waals surface area contributed by atoms with Crippen LogP contribution in [0, 0.1) is 5.82 Å². The van der Waals surface area contributed by atoms with Gasteiger partial charge in [0.15, 0.2) is 11.8 Å². The number of rotatable bonds is 5. The van der Waals surface area contributed by atoms with Gasteiger partial charge >= 0.3 is 0 Å². The number of H-pyrrole nitrogens is 1. The lowest BCUT2D eigenvalue weighted by Crippen LogP contribution is -2.34. The molecule has 29 heavy (non-hydrogen) atoms. The Labute approximate surface area is 169 Å².